The molecule has 1 atom stereocenters. The highest BCUT2D eigenvalue weighted by Crippen LogP contribution is 2.05. The van der Waals surface area contributed by atoms with Crippen molar-refractivity contribution in [2.45, 2.75) is 20.4 Å². The van der Waals surface area contributed by atoms with Gasteiger partial charge in [-0.3, -0.25) is 9.78 Å². The van der Waals surface area contributed by atoms with Crippen LogP contribution >= 0.6 is 11.6 Å². The van der Waals surface area contributed by atoms with Crippen molar-refractivity contribution in [3.8, 4) is 0 Å². The van der Waals surface area contributed by atoms with Crippen molar-refractivity contribution in [1.29, 1.82) is 0 Å². The standard InChI is InChI=1S/C11H15ClN2O/c1-8-3-4-13-6-10(8)7-14-11(15)9(2)5-12/h3-4,6,9H,5,7H2,1-2H3,(H,14,15). The average molecular weight is 227 g/mol. The molecule has 1 amide bonds. The van der Waals surface area contributed by atoms with Crippen LogP contribution in [0.15, 0.2) is 18.5 Å². The first kappa shape index (κ1) is 12.0. The van der Waals surface area contributed by atoms with Gasteiger partial charge in [-0.15, -0.1) is 11.6 Å². The molecule has 1 N–H and O–H groups in total. The summed E-state index contributed by atoms with van der Waals surface area (Å²) in [5.74, 6) is 0.176. The molecule has 1 unspecified atom stereocenters. The molecular weight excluding hydrogens is 212 g/mol. The number of hydrogen-bond donors (Lipinski definition) is 1. The number of hydrogen-bond acceptors (Lipinski definition) is 2. The van der Waals surface area contributed by atoms with E-state index in [0.717, 1.165) is 11.1 Å². The van der Waals surface area contributed by atoms with Crippen LogP contribution in [-0.2, 0) is 11.3 Å². The zero-order chi connectivity index (χ0) is 11.3. The van der Waals surface area contributed by atoms with Gasteiger partial charge in [0.1, 0.15) is 0 Å². The topological polar surface area (TPSA) is 42.0 Å². The van der Waals surface area contributed by atoms with Crippen molar-refractivity contribution >= 4 is 17.5 Å². The zero-order valence-corrected chi connectivity index (χ0v) is 9.71. The molecule has 0 aromatic carbocycles. The summed E-state index contributed by atoms with van der Waals surface area (Å²) in [6.45, 7) is 4.31. The van der Waals surface area contributed by atoms with Gasteiger partial charge in [-0.1, -0.05) is 6.92 Å². The van der Waals surface area contributed by atoms with Gasteiger partial charge in [0.25, 0.3) is 0 Å². The molecule has 0 saturated heterocycles. The molecule has 3 nitrogen and oxygen atoms in total. The molecule has 82 valence electrons. The first-order valence-electron chi connectivity index (χ1n) is 4.88. The minimum Gasteiger partial charge on any atom is -0.352 e. The lowest BCUT2D eigenvalue weighted by Gasteiger charge is -2.10. The van der Waals surface area contributed by atoms with Crippen LogP contribution in [-0.4, -0.2) is 16.8 Å². The van der Waals surface area contributed by atoms with Crippen molar-refractivity contribution in [3.63, 3.8) is 0 Å². The largest absolute Gasteiger partial charge is 0.352 e. The van der Waals surface area contributed by atoms with Crippen molar-refractivity contribution in [1.82, 2.24) is 10.3 Å². The van der Waals surface area contributed by atoms with Gasteiger partial charge in [-0.2, -0.15) is 0 Å². The Balaban J connectivity index is 2.51. The number of amides is 1. The summed E-state index contributed by atoms with van der Waals surface area (Å²) in [6, 6.07) is 1.92. The van der Waals surface area contributed by atoms with E-state index in [9.17, 15) is 4.79 Å². The summed E-state index contributed by atoms with van der Waals surface area (Å²) < 4.78 is 0. The third-order valence-electron chi connectivity index (χ3n) is 2.28. The number of carbonyl (C=O) groups is 1. The van der Waals surface area contributed by atoms with Gasteiger partial charge in [-0.25, -0.2) is 0 Å². The predicted molar refractivity (Wildman–Crippen MR) is 60.7 cm³/mol. The van der Waals surface area contributed by atoms with E-state index in [1.54, 1.807) is 19.3 Å². The number of carbonyl (C=O) groups excluding carboxylic acids is 1. The Morgan fingerprint density at radius 3 is 3.00 bits per heavy atom. The van der Waals surface area contributed by atoms with E-state index in [2.05, 4.69) is 10.3 Å². The maximum atomic E-state index is 11.4. The van der Waals surface area contributed by atoms with Gasteiger partial charge >= 0.3 is 0 Å². The van der Waals surface area contributed by atoms with Crippen LogP contribution in [0.1, 0.15) is 18.1 Å². The molecule has 1 heterocycles. The molecule has 1 aromatic heterocycles. The summed E-state index contributed by atoms with van der Waals surface area (Å²) in [7, 11) is 0. The molecule has 0 aliphatic carbocycles. The molecule has 0 radical (unpaired) electrons. The van der Waals surface area contributed by atoms with Crippen LogP contribution in [0.5, 0.6) is 0 Å². The first-order chi connectivity index (χ1) is 7.15. The molecule has 0 aliphatic rings. The Morgan fingerprint density at radius 2 is 2.40 bits per heavy atom. The molecule has 0 fully saturated rings. The summed E-state index contributed by atoms with van der Waals surface area (Å²) >= 11 is 5.59. The van der Waals surface area contributed by atoms with Gasteiger partial charge in [0, 0.05) is 30.7 Å². The Bertz CT molecular complexity index is 341. The monoisotopic (exact) mass is 226 g/mol. The Labute approximate surface area is 94.9 Å². The van der Waals surface area contributed by atoms with E-state index in [-0.39, 0.29) is 11.8 Å². The molecule has 0 aliphatic heterocycles. The lowest BCUT2D eigenvalue weighted by molar-refractivity contribution is -0.124. The Kier molecular flexibility index (Phi) is 4.56. The van der Waals surface area contributed by atoms with Gasteiger partial charge in [0.2, 0.25) is 5.91 Å². The maximum Gasteiger partial charge on any atom is 0.224 e. The van der Waals surface area contributed by atoms with Crippen molar-refractivity contribution in [3.05, 3.63) is 29.6 Å². The number of nitrogens with one attached hydrogen (secondary N) is 1. The molecule has 15 heavy (non-hydrogen) atoms. The van der Waals surface area contributed by atoms with Gasteiger partial charge in [0.15, 0.2) is 0 Å². The summed E-state index contributed by atoms with van der Waals surface area (Å²) in [5.41, 5.74) is 2.16. The van der Waals surface area contributed by atoms with Crippen LogP contribution < -0.4 is 5.32 Å². The van der Waals surface area contributed by atoms with Crippen LogP contribution in [0.3, 0.4) is 0 Å². The van der Waals surface area contributed by atoms with E-state index >= 15 is 0 Å². The fourth-order valence-electron chi connectivity index (χ4n) is 1.11. The predicted octanol–water partition coefficient (Wildman–Crippen LogP) is 1.88. The molecule has 0 saturated carbocycles. The minimum absolute atomic E-state index is 0.0201. The summed E-state index contributed by atoms with van der Waals surface area (Å²) in [4.78, 5) is 15.5. The fraction of sp³-hybridized carbons (Fsp3) is 0.455. The van der Waals surface area contributed by atoms with Crippen molar-refractivity contribution < 1.29 is 4.79 Å². The highest BCUT2D eigenvalue weighted by molar-refractivity contribution is 6.19. The molecule has 4 heteroatoms. The SMILES string of the molecule is Cc1ccncc1CNC(=O)C(C)CCl. The number of aromatic nitrogens is 1. The van der Waals surface area contributed by atoms with Crippen molar-refractivity contribution in [2.24, 2.45) is 5.92 Å². The number of halogens is 1. The average Bonchev–Trinajstić information content (AvgIpc) is 2.26. The lowest BCUT2D eigenvalue weighted by Crippen LogP contribution is -2.29. The molecule has 1 aromatic rings. The van der Waals surface area contributed by atoms with Gasteiger partial charge in [-0.05, 0) is 24.1 Å². The zero-order valence-electron chi connectivity index (χ0n) is 8.96. The van der Waals surface area contributed by atoms with Crippen LogP contribution in [0, 0.1) is 12.8 Å². The Hall–Kier alpha value is -1.09. The quantitative estimate of drug-likeness (QED) is 0.797. The third-order valence-corrected chi connectivity index (χ3v) is 2.74. The number of nitrogens with zero attached hydrogens (tertiary/aromatic N) is 1. The van der Waals surface area contributed by atoms with Crippen LogP contribution in [0.4, 0.5) is 0 Å². The second-order valence-electron chi connectivity index (χ2n) is 3.58. The number of pyridine rings is 1. The first-order valence-corrected chi connectivity index (χ1v) is 5.41. The molecule has 0 spiro atoms. The van der Waals surface area contributed by atoms with E-state index in [4.69, 9.17) is 11.6 Å². The second-order valence-corrected chi connectivity index (χ2v) is 3.88. The minimum atomic E-state index is -0.149. The highest BCUT2D eigenvalue weighted by atomic mass is 35.5. The molecule has 0 bridgehead atoms. The Morgan fingerprint density at radius 1 is 1.67 bits per heavy atom. The van der Waals surface area contributed by atoms with Crippen LogP contribution in [0.25, 0.3) is 0 Å². The fourth-order valence-corrected chi connectivity index (χ4v) is 1.25. The van der Waals surface area contributed by atoms with E-state index in [1.807, 2.05) is 13.0 Å². The lowest BCUT2D eigenvalue weighted by atomic mass is 10.1. The van der Waals surface area contributed by atoms with Crippen molar-refractivity contribution in [2.75, 3.05) is 5.88 Å². The van der Waals surface area contributed by atoms with Gasteiger partial charge < -0.3 is 5.32 Å². The van der Waals surface area contributed by atoms with E-state index < -0.39 is 0 Å². The third kappa shape index (κ3) is 3.51. The number of aryl methyl sites for hydroxylation is 1. The summed E-state index contributed by atoms with van der Waals surface area (Å²) in [6.07, 6.45) is 3.50. The smallest absolute Gasteiger partial charge is 0.224 e. The van der Waals surface area contributed by atoms with Crippen LogP contribution in [0.2, 0.25) is 0 Å². The number of rotatable bonds is 4. The van der Waals surface area contributed by atoms with E-state index in [1.165, 1.54) is 0 Å². The molecular formula is C11H15ClN2O. The second kappa shape index (κ2) is 5.71. The normalized spacial score (nSPS) is 12.2. The molecule has 1 rings (SSSR count). The summed E-state index contributed by atoms with van der Waals surface area (Å²) in [5, 5.41) is 2.83. The van der Waals surface area contributed by atoms with E-state index in [0.29, 0.717) is 12.4 Å². The highest BCUT2D eigenvalue weighted by Gasteiger charge is 2.10. The maximum absolute atomic E-state index is 11.4. The number of alkyl halides is 1. The van der Waals surface area contributed by atoms with Gasteiger partial charge in [0.05, 0.1) is 0 Å².